The second-order valence-electron chi connectivity index (χ2n) is 5.91. The maximum absolute atomic E-state index is 12.3. The Balaban J connectivity index is 2.05. The summed E-state index contributed by atoms with van der Waals surface area (Å²) in [5.41, 5.74) is 2.08. The van der Waals surface area contributed by atoms with Crippen LogP contribution in [-0.2, 0) is 6.54 Å². The van der Waals surface area contributed by atoms with E-state index in [1.807, 2.05) is 57.2 Å². The summed E-state index contributed by atoms with van der Waals surface area (Å²) < 4.78 is 7.42. The van der Waals surface area contributed by atoms with Crippen LogP contribution in [0, 0.1) is 18.3 Å². The van der Waals surface area contributed by atoms with Crippen molar-refractivity contribution in [2.75, 3.05) is 6.61 Å². The summed E-state index contributed by atoms with van der Waals surface area (Å²) in [6.45, 7) is 7.19. The predicted molar refractivity (Wildman–Crippen MR) is 90.8 cm³/mol. The van der Waals surface area contributed by atoms with Gasteiger partial charge in [-0.15, -0.1) is 0 Å². The summed E-state index contributed by atoms with van der Waals surface area (Å²) >= 11 is 0. The van der Waals surface area contributed by atoms with Crippen molar-refractivity contribution in [1.82, 2.24) is 4.57 Å². The van der Waals surface area contributed by atoms with Crippen LogP contribution in [0.5, 0.6) is 5.75 Å². The summed E-state index contributed by atoms with van der Waals surface area (Å²) in [6.07, 6.45) is 0.711. The van der Waals surface area contributed by atoms with Crippen LogP contribution in [0.3, 0.4) is 0 Å². The minimum Gasteiger partial charge on any atom is -0.494 e. The fourth-order valence-corrected chi connectivity index (χ4v) is 2.53. The molecule has 1 aromatic heterocycles. The lowest BCUT2D eigenvalue weighted by Gasteiger charge is -2.16. The highest BCUT2D eigenvalue weighted by molar-refractivity contribution is 5.29. The smallest absolute Gasteiger partial charge is 0.268 e. The van der Waals surface area contributed by atoms with E-state index in [4.69, 9.17) is 10.00 Å². The number of aromatic nitrogens is 1. The Kier molecular flexibility index (Phi) is 5.59. The SMILES string of the molecule is Cc1cccc(OCCCn2c(C(C)C)ccc(C#N)c2=O)c1. The van der Waals surface area contributed by atoms with E-state index >= 15 is 0 Å². The van der Waals surface area contributed by atoms with E-state index in [2.05, 4.69) is 0 Å². The largest absolute Gasteiger partial charge is 0.494 e. The molecule has 0 amide bonds. The Bertz CT molecular complexity index is 770. The number of ether oxygens (including phenoxy) is 1. The van der Waals surface area contributed by atoms with E-state index < -0.39 is 0 Å². The number of pyridine rings is 1. The van der Waals surface area contributed by atoms with Crippen molar-refractivity contribution in [3.63, 3.8) is 0 Å². The van der Waals surface area contributed by atoms with Crippen molar-refractivity contribution in [2.45, 2.75) is 39.7 Å². The third-order valence-electron chi connectivity index (χ3n) is 3.70. The van der Waals surface area contributed by atoms with Crippen molar-refractivity contribution >= 4 is 0 Å². The molecule has 23 heavy (non-hydrogen) atoms. The Labute approximate surface area is 137 Å². The summed E-state index contributed by atoms with van der Waals surface area (Å²) in [6, 6.07) is 13.3. The first-order chi connectivity index (χ1) is 11.0. The van der Waals surface area contributed by atoms with E-state index in [1.165, 1.54) is 0 Å². The topological polar surface area (TPSA) is 55.0 Å². The van der Waals surface area contributed by atoms with E-state index in [0.29, 0.717) is 19.6 Å². The molecule has 0 unspecified atom stereocenters. The molecule has 4 nitrogen and oxygen atoms in total. The molecule has 0 aliphatic rings. The summed E-state index contributed by atoms with van der Waals surface area (Å²) in [5.74, 6) is 1.07. The van der Waals surface area contributed by atoms with Gasteiger partial charge in [-0.1, -0.05) is 26.0 Å². The zero-order valence-corrected chi connectivity index (χ0v) is 13.9. The van der Waals surface area contributed by atoms with Gasteiger partial charge in [0.25, 0.3) is 5.56 Å². The van der Waals surface area contributed by atoms with Gasteiger partial charge in [-0.2, -0.15) is 5.26 Å². The molecule has 1 heterocycles. The maximum Gasteiger partial charge on any atom is 0.268 e. The maximum atomic E-state index is 12.3. The van der Waals surface area contributed by atoms with E-state index in [9.17, 15) is 4.79 Å². The molecule has 1 aromatic carbocycles. The predicted octanol–water partition coefficient (Wildman–Crippen LogP) is 3.62. The molecule has 0 aliphatic heterocycles. The number of aryl methyl sites for hydroxylation is 1. The zero-order chi connectivity index (χ0) is 16.8. The number of nitrogens with zero attached hydrogens (tertiary/aromatic N) is 2. The molecular formula is C19H22N2O2. The van der Waals surface area contributed by atoms with Crippen LogP contribution in [0.1, 0.15) is 43.0 Å². The van der Waals surface area contributed by atoms with Gasteiger partial charge in [0.05, 0.1) is 6.61 Å². The molecule has 0 saturated heterocycles. The average molecular weight is 310 g/mol. The van der Waals surface area contributed by atoms with E-state index in [1.54, 1.807) is 10.6 Å². The molecule has 0 fully saturated rings. The highest BCUT2D eigenvalue weighted by Crippen LogP contribution is 2.15. The van der Waals surface area contributed by atoms with Gasteiger partial charge in [0.2, 0.25) is 0 Å². The van der Waals surface area contributed by atoms with Gasteiger partial charge in [0.15, 0.2) is 0 Å². The van der Waals surface area contributed by atoms with Gasteiger partial charge in [-0.3, -0.25) is 4.79 Å². The Morgan fingerprint density at radius 2 is 2.04 bits per heavy atom. The van der Waals surface area contributed by atoms with Gasteiger partial charge in [-0.25, -0.2) is 0 Å². The zero-order valence-electron chi connectivity index (χ0n) is 13.9. The van der Waals surface area contributed by atoms with Crippen LogP contribution in [0.25, 0.3) is 0 Å². The van der Waals surface area contributed by atoms with Gasteiger partial charge in [0, 0.05) is 12.2 Å². The first kappa shape index (κ1) is 16.8. The lowest BCUT2D eigenvalue weighted by molar-refractivity contribution is 0.299. The molecule has 0 aliphatic carbocycles. The normalized spacial score (nSPS) is 10.6. The lowest BCUT2D eigenvalue weighted by atomic mass is 10.1. The third-order valence-corrected chi connectivity index (χ3v) is 3.70. The summed E-state index contributed by atoms with van der Waals surface area (Å²) in [7, 11) is 0. The van der Waals surface area contributed by atoms with E-state index in [-0.39, 0.29) is 17.0 Å². The van der Waals surface area contributed by atoms with Crippen LogP contribution in [0.4, 0.5) is 0 Å². The monoisotopic (exact) mass is 310 g/mol. The molecule has 0 N–H and O–H groups in total. The van der Waals surface area contributed by atoms with Crippen molar-refractivity contribution in [1.29, 1.82) is 5.26 Å². The van der Waals surface area contributed by atoms with Gasteiger partial charge >= 0.3 is 0 Å². The molecule has 0 saturated carbocycles. The van der Waals surface area contributed by atoms with Crippen LogP contribution in [0.2, 0.25) is 0 Å². The average Bonchev–Trinajstić information content (AvgIpc) is 2.52. The Morgan fingerprint density at radius 3 is 2.70 bits per heavy atom. The molecule has 4 heteroatoms. The number of nitriles is 1. The second kappa shape index (κ2) is 7.64. The molecule has 2 aromatic rings. The molecule has 0 atom stereocenters. The number of hydrogen-bond donors (Lipinski definition) is 0. The van der Waals surface area contributed by atoms with Crippen LogP contribution in [-0.4, -0.2) is 11.2 Å². The molecular weight excluding hydrogens is 288 g/mol. The standard InChI is InChI=1S/C19H22N2O2/c1-14(2)18-9-8-16(13-20)19(22)21(18)10-5-11-23-17-7-4-6-15(3)12-17/h4,6-9,12,14H,5,10-11H2,1-3H3. The van der Waals surface area contributed by atoms with Crippen molar-refractivity contribution in [2.24, 2.45) is 0 Å². The minimum absolute atomic E-state index is 0.189. The Hall–Kier alpha value is -2.54. The van der Waals surface area contributed by atoms with Crippen molar-refractivity contribution < 1.29 is 4.74 Å². The van der Waals surface area contributed by atoms with Crippen LogP contribution in [0.15, 0.2) is 41.2 Å². The number of rotatable bonds is 6. The molecule has 120 valence electrons. The molecule has 0 spiro atoms. The minimum atomic E-state index is -0.214. The Morgan fingerprint density at radius 1 is 1.26 bits per heavy atom. The highest BCUT2D eigenvalue weighted by atomic mass is 16.5. The third kappa shape index (κ3) is 4.23. The van der Waals surface area contributed by atoms with Crippen LogP contribution < -0.4 is 10.3 Å². The van der Waals surface area contributed by atoms with Gasteiger partial charge in [-0.05, 0) is 49.1 Å². The van der Waals surface area contributed by atoms with Gasteiger partial charge in [0.1, 0.15) is 17.4 Å². The fourth-order valence-electron chi connectivity index (χ4n) is 2.53. The number of hydrogen-bond acceptors (Lipinski definition) is 3. The molecule has 0 bridgehead atoms. The lowest BCUT2D eigenvalue weighted by Crippen LogP contribution is -2.27. The first-order valence-corrected chi connectivity index (χ1v) is 7.86. The molecule has 0 radical (unpaired) electrons. The number of benzene rings is 1. The quantitative estimate of drug-likeness (QED) is 0.766. The highest BCUT2D eigenvalue weighted by Gasteiger charge is 2.11. The van der Waals surface area contributed by atoms with Gasteiger partial charge < -0.3 is 9.30 Å². The molecule has 2 rings (SSSR count). The van der Waals surface area contributed by atoms with E-state index in [0.717, 1.165) is 17.0 Å². The first-order valence-electron chi connectivity index (χ1n) is 7.86. The van der Waals surface area contributed by atoms with Crippen LogP contribution >= 0.6 is 0 Å². The summed E-state index contributed by atoms with van der Waals surface area (Å²) in [4.78, 5) is 12.3. The summed E-state index contributed by atoms with van der Waals surface area (Å²) in [5, 5.41) is 9.03. The van der Waals surface area contributed by atoms with Crippen molar-refractivity contribution in [3.05, 3.63) is 63.6 Å². The second-order valence-corrected chi connectivity index (χ2v) is 5.91. The van der Waals surface area contributed by atoms with Crippen molar-refractivity contribution in [3.8, 4) is 11.8 Å². The fraction of sp³-hybridized carbons (Fsp3) is 0.368.